The van der Waals surface area contributed by atoms with Crippen LogP contribution in [0.15, 0.2) is 28.2 Å². The average molecular weight is 339 g/mol. The molecule has 3 rings (SSSR count). The zero-order chi connectivity index (χ0) is 13.4. The molecule has 1 aliphatic heterocycles. The van der Waals surface area contributed by atoms with Gasteiger partial charge >= 0.3 is 0 Å². The molecular formula is C14H15BrN2OS. The van der Waals surface area contributed by atoms with Crippen LogP contribution in [0.3, 0.4) is 0 Å². The van der Waals surface area contributed by atoms with Gasteiger partial charge < -0.3 is 9.47 Å². The van der Waals surface area contributed by atoms with Gasteiger partial charge in [0.2, 0.25) is 0 Å². The number of hydrogen-bond donors (Lipinski definition) is 0. The molecule has 1 aliphatic rings. The van der Waals surface area contributed by atoms with E-state index in [-0.39, 0.29) is 5.91 Å². The minimum atomic E-state index is 0.129. The Labute approximate surface area is 125 Å². The van der Waals surface area contributed by atoms with Gasteiger partial charge in [0.25, 0.3) is 5.91 Å². The molecule has 0 unspecified atom stereocenters. The fraction of sp³-hybridized carbons (Fsp3) is 0.357. The van der Waals surface area contributed by atoms with Gasteiger partial charge in [0.15, 0.2) is 0 Å². The van der Waals surface area contributed by atoms with E-state index in [1.807, 2.05) is 21.7 Å². The summed E-state index contributed by atoms with van der Waals surface area (Å²) in [6, 6.07) is 4.04. The Morgan fingerprint density at radius 2 is 2.37 bits per heavy atom. The van der Waals surface area contributed by atoms with E-state index in [0.29, 0.717) is 0 Å². The maximum Gasteiger partial charge on any atom is 0.270 e. The fourth-order valence-electron chi connectivity index (χ4n) is 2.50. The molecule has 19 heavy (non-hydrogen) atoms. The third-order valence-electron chi connectivity index (χ3n) is 3.52. The Balaban J connectivity index is 1.85. The minimum Gasteiger partial charge on any atom is -0.343 e. The first-order valence-corrected chi connectivity index (χ1v) is 8.06. The molecule has 0 aliphatic carbocycles. The lowest BCUT2D eigenvalue weighted by Crippen LogP contribution is -2.36. The molecule has 0 saturated carbocycles. The van der Waals surface area contributed by atoms with E-state index in [2.05, 4.69) is 34.3 Å². The Bertz CT molecular complexity index is 617. The summed E-state index contributed by atoms with van der Waals surface area (Å²) in [5, 5.41) is 2.12. The normalized spacial score (nSPS) is 14.5. The number of aromatic nitrogens is 1. The number of amides is 1. The van der Waals surface area contributed by atoms with E-state index in [1.54, 1.807) is 11.3 Å². The molecule has 5 heteroatoms. The average Bonchev–Trinajstić information content (AvgIpc) is 3.02. The summed E-state index contributed by atoms with van der Waals surface area (Å²) in [6.07, 6.45) is 2.94. The molecule has 2 aromatic rings. The van der Waals surface area contributed by atoms with Crippen molar-refractivity contribution in [1.29, 1.82) is 0 Å². The summed E-state index contributed by atoms with van der Waals surface area (Å²) in [6.45, 7) is 4.42. The molecule has 100 valence electrons. The van der Waals surface area contributed by atoms with Crippen LogP contribution in [0, 0.1) is 0 Å². The number of nitrogens with zero attached hydrogens (tertiary/aromatic N) is 2. The topological polar surface area (TPSA) is 25.2 Å². The Morgan fingerprint density at radius 1 is 1.53 bits per heavy atom. The first kappa shape index (κ1) is 12.9. The van der Waals surface area contributed by atoms with Crippen LogP contribution < -0.4 is 0 Å². The molecule has 0 atom stereocenters. The number of rotatable bonds is 2. The van der Waals surface area contributed by atoms with Gasteiger partial charge in [0, 0.05) is 35.2 Å². The number of aryl methyl sites for hydroxylation is 1. The van der Waals surface area contributed by atoms with Crippen LogP contribution in [0.4, 0.5) is 0 Å². The van der Waals surface area contributed by atoms with Crippen LogP contribution in [0.2, 0.25) is 0 Å². The number of carbonyl (C=O) groups is 1. The molecule has 3 nitrogen and oxygen atoms in total. The van der Waals surface area contributed by atoms with Crippen molar-refractivity contribution in [1.82, 2.24) is 9.47 Å². The van der Waals surface area contributed by atoms with E-state index < -0.39 is 0 Å². The maximum absolute atomic E-state index is 12.6. The lowest BCUT2D eigenvalue weighted by atomic mass is 10.1. The van der Waals surface area contributed by atoms with Gasteiger partial charge in [-0.3, -0.25) is 4.79 Å². The zero-order valence-corrected chi connectivity index (χ0v) is 13.1. The van der Waals surface area contributed by atoms with Gasteiger partial charge in [-0.05, 0) is 52.4 Å². The molecule has 0 bridgehead atoms. The summed E-state index contributed by atoms with van der Waals surface area (Å²) in [5.74, 6) is 0.129. The van der Waals surface area contributed by atoms with Crippen molar-refractivity contribution in [2.75, 3.05) is 6.54 Å². The van der Waals surface area contributed by atoms with Crippen molar-refractivity contribution in [3.63, 3.8) is 0 Å². The van der Waals surface area contributed by atoms with Crippen molar-refractivity contribution < 1.29 is 4.79 Å². The van der Waals surface area contributed by atoms with Gasteiger partial charge in [0.05, 0.1) is 0 Å². The molecule has 0 aromatic carbocycles. The minimum absolute atomic E-state index is 0.129. The summed E-state index contributed by atoms with van der Waals surface area (Å²) in [4.78, 5) is 16.0. The van der Waals surface area contributed by atoms with Crippen LogP contribution in [0.25, 0.3) is 0 Å². The number of thiophene rings is 1. The number of carbonyl (C=O) groups excluding carboxylic acids is 1. The predicted molar refractivity (Wildman–Crippen MR) is 80.6 cm³/mol. The predicted octanol–water partition coefficient (Wildman–Crippen LogP) is 3.53. The van der Waals surface area contributed by atoms with Gasteiger partial charge in [-0.15, -0.1) is 11.3 Å². The quantitative estimate of drug-likeness (QED) is 0.822. The van der Waals surface area contributed by atoms with E-state index in [9.17, 15) is 4.79 Å². The lowest BCUT2D eigenvalue weighted by Gasteiger charge is -2.27. The van der Waals surface area contributed by atoms with Crippen LogP contribution >= 0.6 is 27.3 Å². The first-order valence-electron chi connectivity index (χ1n) is 6.39. The van der Waals surface area contributed by atoms with E-state index in [0.717, 1.165) is 36.2 Å². The van der Waals surface area contributed by atoms with Crippen molar-refractivity contribution >= 4 is 33.2 Å². The molecule has 0 radical (unpaired) electrons. The van der Waals surface area contributed by atoms with E-state index >= 15 is 0 Å². The number of fused-ring (bicyclic) bond motifs is 1. The number of hydrogen-bond acceptors (Lipinski definition) is 2. The molecule has 0 fully saturated rings. The first-order chi connectivity index (χ1) is 9.19. The summed E-state index contributed by atoms with van der Waals surface area (Å²) in [7, 11) is 0. The van der Waals surface area contributed by atoms with Crippen molar-refractivity contribution in [3.8, 4) is 0 Å². The SMILES string of the molecule is CCn1cc(Br)cc1C(=O)N1CCc2sccc2C1. The highest BCUT2D eigenvalue weighted by Crippen LogP contribution is 2.26. The molecule has 0 spiro atoms. The van der Waals surface area contributed by atoms with Crippen molar-refractivity contribution in [2.45, 2.75) is 26.4 Å². The zero-order valence-electron chi connectivity index (χ0n) is 10.7. The number of halogens is 1. The lowest BCUT2D eigenvalue weighted by molar-refractivity contribution is 0.0725. The Morgan fingerprint density at radius 3 is 3.16 bits per heavy atom. The third-order valence-corrected chi connectivity index (χ3v) is 4.97. The molecule has 1 amide bonds. The monoisotopic (exact) mass is 338 g/mol. The molecule has 3 heterocycles. The summed E-state index contributed by atoms with van der Waals surface area (Å²) in [5.41, 5.74) is 2.08. The smallest absolute Gasteiger partial charge is 0.270 e. The maximum atomic E-state index is 12.6. The van der Waals surface area contributed by atoms with Gasteiger partial charge in [-0.2, -0.15) is 0 Å². The highest BCUT2D eigenvalue weighted by molar-refractivity contribution is 9.10. The summed E-state index contributed by atoms with van der Waals surface area (Å²) < 4.78 is 2.96. The van der Waals surface area contributed by atoms with E-state index in [1.165, 1.54) is 10.4 Å². The van der Waals surface area contributed by atoms with Crippen LogP contribution in [-0.2, 0) is 19.5 Å². The summed E-state index contributed by atoms with van der Waals surface area (Å²) >= 11 is 5.24. The second-order valence-electron chi connectivity index (χ2n) is 4.68. The third kappa shape index (κ3) is 2.37. The van der Waals surface area contributed by atoms with E-state index in [4.69, 9.17) is 0 Å². The highest BCUT2D eigenvalue weighted by atomic mass is 79.9. The highest BCUT2D eigenvalue weighted by Gasteiger charge is 2.24. The van der Waals surface area contributed by atoms with Crippen molar-refractivity contribution in [3.05, 3.63) is 44.3 Å². The molecular weight excluding hydrogens is 324 g/mol. The van der Waals surface area contributed by atoms with Crippen molar-refractivity contribution in [2.24, 2.45) is 0 Å². The second-order valence-corrected chi connectivity index (χ2v) is 6.59. The second kappa shape index (κ2) is 5.13. The van der Waals surface area contributed by atoms with Gasteiger partial charge in [0.1, 0.15) is 5.69 Å². The molecule has 0 N–H and O–H groups in total. The fourth-order valence-corrected chi connectivity index (χ4v) is 3.85. The van der Waals surface area contributed by atoms with Gasteiger partial charge in [-0.25, -0.2) is 0 Å². The van der Waals surface area contributed by atoms with Crippen LogP contribution in [0.5, 0.6) is 0 Å². The standard InChI is InChI=1S/C14H15BrN2OS/c1-2-16-9-11(15)7-12(16)14(18)17-5-3-13-10(8-17)4-6-19-13/h4,6-7,9H,2-3,5,8H2,1H3. The van der Waals surface area contributed by atoms with Gasteiger partial charge in [-0.1, -0.05) is 0 Å². The van der Waals surface area contributed by atoms with Crippen LogP contribution in [0.1, 0.15) is 27.9 Å². The molecule has 0 saturated heterocycles. The Hall–Kier alpha value is -1.07. The Kier molecular flexibility index (Phi) is 3.50. The molecule has 2 aromatic heterocycles. The van der Waals surface area contributed by atoms with Crippen LogP contribution in [-0.4, -0.2) is 21.9 Å². The largest absolute Gasteiger partial charge is 0.343 e.